The van der Waals surface area contributed by atoms with Crippen LogP contribution in [0.2, 0.25) is 0 Å². The van der Waals surface area contributed by atoms with Crippen LogP contribution >= 0.6 is 38.5 Å². The summed E-state index contributed by atoms with van der Waals surface area (Å²) in [6.45, 7) is 0.443. The van der Waals surface area contributed by atoms with E-state index in [0.29, 0.717) is 13.0 Å². The molecule has 1 aliphatic heterocycles. The van der Waals surface area contributed by atoms with Gasteiger partial charge in [0.2, 0.25) is 5.91 Å². The van der Waals surface area contributed by atoms with Crippen LogP contribution in [0.15, 0.2) is 12.1 Å². The molecule has 0 aliphatic carbocycles. The molecule has 86 valence electrons. The van der Waals surface area contributed by atoms with E-state index in [-0.39, 0.29) is 20.0 Å². The Kier molecular flexibility index (Phi) is 3.48. The maximum atomic E-state index is 13.3. The quantitative estimate of drug-likeness (QED) is 0.402. The zero-order valence-corrected chi connectivity index (χ0v) is 11.8. The fraction of sp³-hybridized carbons (Fsp3) is 0.300. The zero-order valence-electron chi connectivity index (χ0n) is 8.01. The molecule has 0 aromatic heterocycles. The fourth-order valence-electron chi connectivity index (χ4n) is 1.61. The molecule has 1 amide bonds. The Labute approximate surface area is 113 Å². The Hall–Kier alpha value is -0.240. The maximum absolute atomic E-state index is 13.3. The first-order valence-electron chi connectivity index (χ1n) is 4.58. The van der Waals surface area contributed by atoms with Crippen molar-refractivity contribution in [1.29, 1.82) is 0 Å². The van der Waals surface area contributed by atoms with E-state index in [2.05, 4.69) is 15.9 Å². The van der Waals surface area contributed by atoms with Gasteiger partial charge in [-0.05, 0) is 34.7 Å². The summed E-state index contributed by atoms with van der Waals surface area (Å²) in [7, 11) is 0. The molecule has 1 aromatic carbocycles. The van der Waals surface area contributed by atoms with Gasteiger partial charge in [0, 0.05) is 23.5 Å². The number of benzene rings is 1. The molecule has 6 heteroatoms. The van der Waals surface area contributed by atoms with Crippen LogP contribution in [0, 0.1) is 15.2 Å². The highest BCUT2D eigenvalue weighted by molar-refractivity contribution is 14.1. The van der Waals surface area contributed by atoms with E-state index < -0.39 is 11.6 Å². The Morgan fingerprint density at radius 3 is 2.38 bits per heavy atom. The molecule has 0 spiro atoms. The number of amides is 1. The molecule has 1 atom stereocenters. The van der Waals surface area contributed by atoms with Gasteiger partial charge < -0.3 is 4.90 Å². The predicted molar refractivity (Wildman–Crippen MR) is 68.8 cm³/mol. The SMILES string of the molecule is O=C1CC(Br)CN1c1cc(F)c(I)c(F)c1. The van der Waals surface area contributed by atoms with Crippen molar-refractivity contribution in [2.45, 2.75) is 11.2 Å². The number of nitrogens with zero attached hydrogens (tertiary/aromatic N) is 1. The molecule has 1 aromatic rings. The average Bonchev–Trinajstić information content (AvgIpc) is 2.53. The minimum atomic E-state index is -0.638. The van der Waals surface area contributed by atoms with Gasteiger partial charge in [-0.1, -0.05) is 15.9 Å². The molecule has 0 N–H and O–H groups in total. The molecule has 1 fully saturated rings. The van der Waals surface area contributed by atoms with Crippen LogP contribution in [0.25, 0.3) is 0 Å². The van der Waals surface area contributed by atoms with Crippen molar-refractivity contribution >= 4 is 50.1 Å². The van der Waals surface area contributed by atoms with Gasteiger partial charge in [-0.15, -0.1) is 0 Å². The molecule has 16 heavy (non-hydrogen) atoms. The molecular weight excluding hydrogens is 395 g/mol. The zero-order chi connectivity index (χ0) is 11.9. The first-order chi connectivity index (χ1) is 7.49. The van der Waals surface area contributed by atoms with Gasteiger partial charge in [0.25, 0.3) is 0 Å². The van der Waals surface area contributed by atoms with Gasteiger partial charge in [-0.2, -0.15) is 0 Å². The molecule has 0 bridgehead atoms. The van der Waals surface area contributed by atoms with E-state index >= 15 is 0 Å². The third-order valence-electron chi connectivity index (χ3n) is 2.36. The van der Waals surface area contributed by atoms with E-state index in [1.807, 2.05) is 0 Å². The Morgan fingerprint density at radius 2 is 1.94 bits per heavy atom. The number of anilines is 1. The van der Waals surface area contributed by atoms with E-state index in [4.69, 9.17) is 0 Å². The summed E-state index contributed by atoms with van der Waals surface area (Å²) in [6, 6.07) is 2.38. The molecular formula is C10H7BrF2INO. The number of alkyl halides is 1. The van der Waals surface area contributed by atoms with Gasteiger partial charge in [-0.25, -0.2) is 8.78 Å². The summed E-state index contributed by atoms with van der Waals surface area (Å²) in [5, 5.41) is 0. The van der Waals surface area contributed by atoms with Crippen LogP contribution in [-0.2, 0) is 4.79 Å². The number of rotatable bonds is 1. The average molecular weight is 402 g/mol. The number of hydrogen-bond acceptors (Lipinski definition) is 1. The highest BCUT2D eigenvalue weighted by atomic mass is 127. The van der Waals surface area contributed by atoms with Crippen molar-refractivity contribution in [3.05, 3.63) is 27.3 Å². The molecule has 1 aliphatic rings. The minimum absolute atomic E-state index is 0.0467. The summed E-state index contributed by atoms with van der Waals surface area (Å²) >= 11 is 4.91. The van der Waals surface area contributed by atoms with Crippen LogP contribution in [0.5, 0.6) is 0 Å². The smallest absolute Gasteiger partial charge is 0.228 e. The second-order valence-electron chi connectivity index (χ2n) is 3.53. The predicted octanol–water partition coefficient (Wildman–Crippen LogP) is 3.07. The highest BCUT2D eigenvalue weighted by Gasteiger charge is 2.29. The van der Waals surface area contributed by atoms with Crippen LogP contribution in [0.4, 0.5) is 14.5 Å². The number of hydrogen-bond donors (Lipinski definition) is 0. The number of halogens is 4. The van der Waals surface area contributed by atoms with Crippen molar-refractivity contribution in [1.82, 2.24) is 0 Å². The van der Waals surface area contributed by atoms with E-state index in [9.17, 15) is 13.6 Å². The highest BCUT2D eigenvalue weighted by Crippen LogP contribution is 2.28. The van der Waals surface area contributed by atoms with Crippen molar-refractivity contribution in [3.63, 3.8) is 0 Å². The van der Waals surface area contributed by atoms with Crippen LogP contribution in [-0.4, -0.2) is 17.3 Å². The molecule has 2 nitrogen and oxygen atoms in total. The third-order valence-corrected chi connectivity index (χ3v) is 4.00. The molecule has 1 unspecified atom stereocenters. The fourth-order valence-corrected chi connectivity index (χ4v) is 2.49. The van der Waals surface area contributed by atoms with Gasteiger partial charge in [0.1, 0.15) is 11.6 Å². The first kappa shape index (κ1) is 12.2. The normalized spacial score (nSPS) is 20.6. The van der Waals surface area contributed by atoms with Gasteiger partial charge in [0.15, 0.2) is 0 Å². The Bertz CT molecular complexity index is 431. The summed E-state index contributed by atoms with van der Waals surface area (Å²) in [5.74, 6) is -1.40. The monoisotopic (exact) mass is 401 g/mol. The minimum Gasteiger partial charge on any atom is -0.311 e. The van der Waals surface area contributed by atoms with Crippen LogP contribution in [0.1, 0.15) is 6.42 Å². The van der Waals surface area contributed by atoms with Gasteiger partial charge >= 0.3 is 0 Å². The summed E-state index contributed by atoms with van der Waals surface area (Å²) in [4.78, 5) is 13.0. The second-order valence-corrected chi connectivity index (χ2v) is 5.90. The summed E-state index contributed by atoms with van der Waals surface area (Å²) < 4.78 is 26.6. The summed E-state index contributed by atoms with van der Waals surface area (Å²) in [5.41, 5.74) is 0.280. The third kappa shape index (κ3) is 2.22. The number of carbonyl (C=O) groups excluding carboxylic acids is 1. The lowest BCUT2D eigenvalue weighted by Gasteiger charge is -2.16. The van der Waals surface area contributed by atoms with Gasteiger partial charge in [0.05, 0.1) is 3.57 Å². The topological polar surface area (TPSA) is 20.3 Å². The molecule has 2 rings (SSSR count). The van der Waals surface area contributed by atoms with E-state index in [1.54, 1.807) is 22.6 Å². The van der Waals surface area contributed by atoms with Crippen molar-refractivity contribution in [3.8, 4) is 0 Å². The lowest BCUT2D eigenvalue weighted by molar-refractivity contribution is -0.117. The number of carbonyl (C=O) groups is 1. The lowest BCUT2D eigenvalue weighted by atomic mass is 10.3. The second kappa shape index (κ2) is 4.56. The lowest BCUT2D eigenvalue weighted by Crippen LogP contribution is -2.24. The Balaban J connectivity index is 2.38. The van der Waals surface area contributed by atoms with Crippen LogP contribution in [0.3, 0.4) is 0 Å². The largest absolute Gasteiger partial charge is 0.311 e. The molecule has 1 saturated heterocycles. The van der Waals surface area contributed by atoms with Crippen molar-refractivity contribution in [2.75, 3.05) is 11.4 Å². The molecule has 0 radical (unpaired) electrons. The molecule has 1 heterocycles. The van der Waals surface area contributed by atoms with E-state index in [1.165, 1.54) is 17.0 Å². The Morgan fingerprint density at radius 1 is 1.38 bits per heavy atom. The van der Waals surface area contributed by atoms with Gasteiger partial charge in [-0.3, -0.25) is 4.79 Å². The van der Waals surface area contributed by atoms with Crippen molar-refractivity contribution in [2.24, 2.45) is 0 Å². The van der Waals surface area contributed by atoms with E-state index in [0.717, 1.165) is 0 Å². The van der Waals surface area contributed by atoms with Crippen molar-refractivity contribution < 1.29 is 13.6 Å². The maximum Gasteiger partial charge on any atom is 0.228 e. The molecule has 0 saturated carbocycles. The van der Waals surface area contributed by atoms with Crippen LogP contribution < -0.4 is 4.90 Å². The first-order valence-corrected chi connectivity index (χ1v) is 6.57. The standard InChI is InChI=1S/C10H7BrF2INO/c11-5-1-9(16)15(4-5)6-2-7(12)10(14)8(13)3-6/h2-3,5H,1,4H2. The summed E-state index contributed by atoms with van der Waals surface area (Å²) in [6.07, 6.45) is 0.356.